The highest BCUT2D eigenvalue weighted by atomic mass is 32.2. The number of hydrogen-bond acceptors (Lipinski definition) is 3. The summed E-state index contributed by atoms with van der Waals surface area (Å²) in [5.74, 6) is 1.61. The fourth-order valence-electron chi connectivity index (χ4n) is 1.95. The van der Waals surface area contributed by atoms with E-state index in [0.717, 1.165) is 24.5 Å². The van der Waals surface area contributed by atoms with Crippen LogP contribution in [0.5, 0.6) is 0 Å². The lowest BCUT2D eigenvalue weighted by Crippen LogP contribution is -2.18. The quantitative estimate of drug-likeness (QED) is 0.792. The second-order valence-corrected chi connectivity index (χ2v) is 6.49. The fourth-order valence-corrected chi connectivity index (χ4v) is 2.83. The molecule has 0 aliphatic rings. The topological polar surface area (TPSA) is 29.9 Å². The van der Waals surface area contributed by atoms with E-state index in [4.69, 9.17) is 0 Å². The number of rotatable bonds is 7. The minimum absolute atomic E-state index is 0.691. The summed E-state index contributed by atoms with van der Waals surface area (Å²) in [5.41, 5.74) is 2.47. The second-order valence-electron chi connectivity index (χ2n) is 5.44. The third-order valence-electron chi connectivity index (χ3n) is 2.94. The molecule has 0 unspecified atom stereocenters. The van der Waals surface area contributed by atoms with Crippen LogP contribution in [0.3, 0.4) is 0 Å². The van der Waals surface area contributed by atoms with Gasteiger partial charge in [-0.25, -0.2) is 0 Å². The Morgan fingerprint density at radius 3 is 2.85 bits per heavy atom. The van der Waals surface area contributed by atoms with Crippen molar-refractivity contribution >= 4 is 11.8 Å². The molecule has 0 aliphatic heterocycles. The Hall–Kier alpha value is -1.26. The molecule has 1 heterocycles. The van der Waals surface area contributed by atoms with E-state index in [2.05, 4.69) is 54.6 Å². The molecule has 1 aromatic carbocycles. The van der Waals surface area contributed by atoms with Crippen LogP contribution < -0.4 is 5.32 Å². The van der Waals surface area contributed by atoms with Gasteiger partial charge in [-0.3, -0.25) is 4.68 Å². The normalized spacial score (nSPS) is 11.2. The summed E-state index contributed by atoms with van der Waals surface area (Å²) in [6, 6.07) is 10.8. The molecule has 20 heavy (non-hydrogen) atoms. The number of thioether (sulfide) groups is 1. The van der Waals surface area contributed by atoms with Crippen molar-refractivity contribution < 1.29 is 0 Å². The molecule has 0 saturated heterocycles. The van der Waals surface area contributed by atoms with E-state index in [1.165, 1.54) is 10.5 Å². The molecule has 0 amide bonds. The average molecular weight is 289 g/mol. The molecule has 0 aliphatic carbocycles. The van der Waals surface area contributed by atoms with Crippen molar-refractivity contribution in [2.75, 3.05) is 6.54 Å². The Labute approximate surface area is 125 Å². The van der Waals surface area contributed by atoms with Crippen LogP contribution in [0.2, 0.25) is 0 Å². The van der Waals surface area contributed by atoms with E-state index in [1.54, 1.807) is 0 Å². The summed E-state index contributed by atoms with van der Waals surface area (Å²) in [4.78, 5) is 1.31. The van der Waals surface area contributed by atoms with Gasteiger partial charge in [0, 0.05) is 30.4 Å². The summed E-state index contributed by atoms with van der Waals surface area (Å²) in [6.07, 6.45) is 1.99. The Morgan fingerprint density at radius 2 is 2.15 bits per heavy atom. The third kappa shape index (κ3) is 5.02. The van der Waals surface area contributed by atoms with E-state index in [-0.39, 0.29) is 0 Å². The molecule has 2 rings (SSSR count). The van der Waals surface area contributed by atoms with Crippen molar-refractivity contribution in [2.45, 2.75) is 31.0 Å². The number of aryl methyl sites for hydroxylation is 1. The van der Waals surface area contributed by atoms with Crippen LogP contribution >= 0.6 is 11.8 Å². The summed E-state index contributed by atoms with van der Waals surface area (Å²) < 4.78 is 1.85. The van der Waals surface area contributed by atoms with Crippen LogP contribution in [0.4, 0.5) is 0 Å². The molecule has 2 aromatic rings. The number of hydrogen-bond donors (Lipinski definition) is 1. The first kappa shape index (κ1) is 15.1. The lowest BCUT2D eigenvalue weighted by atomic mass is 10.2. The second kappa shape index (κ2) is 7.50. The van der Waals surface area contributed by atoms with Crippen molar-refractivity contribution in [3.63, 3.8) is 0 Å². The molecular weight excluding hydrogens is 266 g/mol. The first-order chi connectivity index (χ1) is 9.63. The highest BCUT2D eigenvalue weighted by molar-refractivity contribution is 7.98. The van der Waals surface area contributed by atoms with Gasteiger partial charge in [-0.15, -0.1) is 11.8 Å². The smallest absolute Gasteiger partial charge is 0.0727 e. The Kier molecular flexibility index (Phi) is 5.68. The first-order valence-electron chi connectivity index (χ1n) is 7.04. The van der Waals surface area contributed by atoms with Gasteiger partial charge in [-0.2, -0.15) is 5.10 Å². The van der Waals surface area contributed by atoms with E-state index in [9.17, 15) is 0 Å². The molecular formula is C16H23N3S. The Morgan fingerprint density at radius 1 is 1.30 bits per heavy atom. The molecule has 0 radical (unpaired) electrons. The maximum atomic E-state index is 4.40. The van der Waals surface area contributed by atoms with Crippen LogP contribution in [0.15, 0.2) is 41.4 Å². The van der Waals surface area contributed by atoms with Gasteiger partial charge in [0.05, 0.1) is 5.69 Å². The largest absolute Gasteiger partial charge is 0.312 e. The SMILES string of the molecule is CC(C)CNCc1cccc(SCc2ccn(C)n2)c1. The van der Waals surface area contributed by atoms with Gasteiger partial charge in [0.1, 0.15) is 0 Å². The molecule has 0 fully saturated rings. The standard InChI is InChI=1S/C16H23N3S/c1-13(2)10-17-11-14-5-4-6-16(9-14)20-12-15-7-8-19(3)18-15/h4-9,13,17H,10-12H2,1-3H3. The third-order valence-corrected chi connectivity index (χ3v) is 3.96. The molecule has 0 saturated carbocycles. The van der Waals surface area contributed by atoms with Crippen molar-refractivity contribution in [1.82, 2.24) is 15.1 Å². The number of nitrogens with zero attached hydrogens (tertiary/aromatic N) is 2. The minimum atomic E-state index is 0.691. The van der Waals surface area contributed by atoms with Gasteiger partial charge in [0.2, 0.25) is 0 Å². The van der Waals surface area contributed by atoms with Crippen LogP contribution in [0, 0.1) is 5.92 Å². The predicted octanol–water partition coefficient (Wildman–Crippen LogP) is 3.46. The zero-order valence-corrected chi connectivity index (χ0v) is 13.3. The number of nitrogens with one attached hydrogen (secondary N) is 1. The summed E-state index contributed by atoms with van der Waals surface area (Å²) in [5, 5.41) is 7.88. The van der Waals surface area contributed by atoms with Crippen LogP contribution in [0.25, 0.3) is 0 Å². The van der Waals surface area contributed by atoms with Crippen molar-refractivity contribution in [3.05, 3.63) is 47.8 Å². The van der Waals surface area contributed by atoms with E-state index in [0.29, 0.717) is 5.92 Å². The maximum Gasteiger partial charge on any atom is 0.0727 e. The number of benzene rings is 1. The van der Waals surface area contributed by atoms with Crippen molar-refractivity contribution in [3.8, 4) is 0 Å². The molecule has 1 N–H and O–H groups in total. The zero-order chi connectivity index (χ0) is 14.4. The van der Waals surface area contributed by atoms with Gasteiger partial charge in [-0.05, 0) is 36.2 Å². The van der Waals surface area contributed by atoms with Gasteiger partial charge in [0.25, 0.3) is 0 Å². The minimum Gasteiger partial charge on any atom is -0.312 e. The van der Waals surface area contributed by atoms with E-state index < -0.39 is 0 Å². The van der Waals surface area contributed by atoms with Gasteiger partial charge < -0.3 is 5.32 Å². The molecule has 1 aromatic heterocycles. The molecule has 0 atom stereocenters. The Bertz CT molecular complexity index is 534. The van der Waals surface area contributed by atoms with Gasteiger partial charge in [0.15, 0.2) is 0 Å². The summed E-state index contributed by atoms with van der Waals surface area (Å²) >= 11 is 1.84. The lowest BCUT2D eigenvalue weighted by molar-refractivity contribution is 0.552. The van der Waals surface area contributed by atoms with Crippen LogP contribution in [0.1, 0.15) is 25.1 Å². The molecule has 0 spiro atoms. The number of aromatic nitrogens is 2. The highest BCUT2D eigenvalue weighted by Gasteiger charge is 2.01. The van der Waals surface area contributed by atoms with E-state index >= 15 is 0 Å². The molecule has 108 valence electrons. The summed E-state index contributed by atoms with van der Waals surface area (Å²) in [7, 11) is 1.95. The van der Waals surface area contributed by atoms with Crippen LogP contribution in [-0.4, -0.2) is 16.3 Å². The van der Waals surface area contributed by atoms with Gasteiger partial charge in [-0.1, -0.05) is 26.0 Å². The first-order valence-corrected chi connectivity index (χ1v) is 8.03. The maximum absolute atomic E-state index is 4.40. The Balaban J connectivity index is 1.85. The average Bonchev–Trinajstić information content (AvgIpc) is 2.82. The predicted molar refractivity (Wildman–Crippen MR) is 85.8 cm³/mol. The molecule has 4 heteroatoms. The molecule has 3 nitrogen and oxygen atoms in total. The lowest BCUT2D eigenvalue weighted by Gasteiger charge is -2.08. The van der Waals surface area contributed by atoms with Crippen molar-refractivity contribution in [2.24, 2.45) is 13.0 Å². The zero-order valence-electron chi connectivity index (χ0n) is 12.5. The monoisotopic (exact) mass is 289 g/mol. The summed E-state index contributed by atoms with van der Waals surface area (Å²) in [6.45, 7) is 6.46. The molecule has 0 bridgehead atoms. The van der Waals surface area contributed by atoms with E-state index in [1.807, 2.05) is 29.7 Å². The highest BCUT2D eigenvalue weighted by Crippen LogP contribution is 2.22. The van der Waals surface area contributed by atoms with Crippen molar-refractivity contribution in [1.29, 1.82) is 0 Å². The van der Waals surface area contributed by atoms with Gasteiger partial charge >= 0.3 is 0 Å². The fraction of sp³-hybridized carbons (Fsp3) is 0.438. The van der Waals surface area contributed by atoms with Crippen LogP contribution in [-0.2, 0) is 19.3 Å².